The Bertz CT molecular complexity index is 719. The molecule has 1 saturated carbocycles. The summed E-state index contributed by atoms with van der Waals surface area (Å²) in [6.45, 7) is 0.636. The van der Waals surface area contributed by atoms with Gasteiger partial charge in [-0.05, 0) is 31.0 Å². The van der Waals surface area contributed by atoms with Gasteiger partial charge in [-0.25, -0.2) is 0 Å². The Morgan fingerprint density at radius 1 is 1.17 bits per heavy atom. The second-order valence-corrected chi connectivity index (χ2v) is 5.95. The van der Waals surface area contributed by atoms with Crippen molar-refractivity contribution < 1.29 is 18.8 Å². The number of ether oxygens (including phenoxy) is 2. The summed E-state index contributed by atoms with van der Waals surface area (Å²) in [5.74, 6) is 2.37. The molecule has 0 spiro atoms. The molecule has 1 N–H and O–H groups in total. The average Bonchev–Trinajstić information content (AvgIpc) is 3.32. The van der Waals surface area contributed by atoms with Gasteiger partial charge in [-0.2, -0.15) is 0 Å². The number of benzene rings is 1. The van der Waals surface area contributed by atoms with Crippen molar-refractivity contribution in [2.24, 2.45) is 5.92 Å². The van der Waals surface area contributed by atoms with Gasteiger partial charge in [-0.3, -0.25) is 4.79 Å². The van der Waals surface area contributed by atoms with Crippen molar-refractivity contribution in [3.05, 3.63) is 30.0 Å². The van der Waals surface area contributed by atoms with Gasteiger partial charge >= 0.3 is 0 Å². The lowest BCUT2D eigenvalue weighted by Gasteiger charge is -2.08. The number of nitrogens with one attached hydrogen (secondary N) is 1. The molecule has 0 saturated heterocycles. The van der Waals surface area contributed by atoms with Gasteiger partial charge in [0.2, 0.25) is 12.7 Å². The molecule has 120 valence electrons. The average molecular weight is 314 g/mol. The van der Waals surface area contributed by atoms with Crippen LogP contribution in [0.25, 0.3) is 11.3 Å². The zero-order chi connectivity index (χ0) is 15.6. The molecule has 1 aromatic heterocycles. The van der Waals surface area contributed by atoms with Crippen LogP contribution in [0.4, 0.5) is 0 Å². The summed E-state index contributed by atoms with van der Waals surface area (Å²) in [6, 6.07) is 7.45. The van der Waals surface area contributed by atoms with E-state index in [1.165, 1.54) is 0 Å². The Hall–Kier alpha value is -2.50. The maximum absolute atomic E-state index is 12.0. The third-order valence-electron chi connectivity index (χ3n) is 4.39. The van der Waals surface area contributed by atoms with Gasteiger partial charge in [0.25, 0.3) is 0 Å². The molecular formula is C17H18N2O4. The Morgan fingerprint density at radius 3 is 2.87 bits per heavy atom. The van der Waals surface area contributed by atoms with Crippen molar-refractivity contribution in [2.45, 2.75) is 32.2 Å². The Balaban J connectivity index is 1.41. The fraction of sp³-hybridized carbons (Fsp3) is 0.412. The van der Waals surface area contributed by atoms with Crippen molar-refractivity contribution in [1.29, 1.82) is 0 Å². The van der Waals surface area contributed by atoms with E-state index in [0.29, 0.717) is 23.7 Å². The second kappa shape index (κ2) is 5.95. The van der Waals surface area contributed by atoms with E-state index in [-0.39, 0.29) is 18.6 Å². The van der Waals surface area contributed by atoms with E-state index in [2.05, 4.69) is 10.5 Å². The van der Waals surface area contributed by atoms with Crippen LogP contribution in [-0.4, -0.2) is 17.9 Å². The summed E-state index contributed by atoms with van der Waals surface area (Å²) in [4.78, 5) is 12.0. The zero-order valence-corrected chi connectivity index (χ0v) is 12.7. The van der Waals surface area contributed by atoms with Gasteiger partial charge in [0, 0.05) is 17.5 Å². The van der Waals surface area contributed by atoms with Crippen LogP contribution >= 0.6 is 0 Å². The van der Waals surface area contributed by atoms with Crippen LogP contribution in [0.15, 0.2) is 28.8 Å². The van der Waals surface area contributed by atoms with Gasteiger partial charge < -0.3 is 19.3 Å². The van der Waals surface area contributed by atoms with Crippen LogP contribution < -0.4 is 14.8 Å². The van der Waals surface area contributed by atoms with Crippen molar-refractivity contribution >= 4 is 5.91 Å². The zero-order valence-electron chi connectivity index (χ0n) is 12.7. The Kier molecular flexibility index (Phi) is 3.65. The molecule has 1 aliphatic carbocycles. The van der Waals surface area contributed by atoms with Crippen molar-refractivity contribution in [1.82, 2.24) is 10.5 Å². The number of carbonyl (C=O) groups is 1. The van der Waals surface area contributed by atoms with Crippen molar-refractivity contribution in [2.75, 3.05) is 6.79 Å². The number of nitrogens with zero attached hydrogens (tertiary/aromatic N) is 1. The minimum absolute atomic E-state index is 0.120. The van der Waals surface area contributed by atoms with Crippen molar-refractivity contribution in [3.8, 4) is 22.8 Å². The summed E-state index contributed by atoms with van der Waals surface area (Å²) in [5, 5.41) is 6.96. The normalized spacial score (nSPS) is 16.7. The van der Waals surface area contributed by atoms with E-state index in [1.807, 2.05) is 24.3 Å². The predicted molar refractivity (Wildman–Crippen MR) is 81.9 cm³/mol. The van der Waals surface area contributed by atoms with Crippen LogP contribution in [0.3, 0.4) is 0 Å². The maximum Gasteiger partial charge on any atom is 0.231 e. The van der Waals surface area contributed by atoms with E-state index in [4.69, 9.17) is 14.0 Å². The van der Waals surface area contributed by atoms with E-state index in [9.17, 15) is 4.79 Å². The molecule has 23 heavy (non-hydrogen) atoms. The summed E-state index contributed by atoms with van der Waals surface area (Å²) >= 11 is 0. The lowest BCUT2D eigenvalue weighted by molar-refractivity contribution is -0.125. The standard InChI is InChI=1S/C17H18N2O4/c20-17(11-3-1-2-4-11)18-9-13-8-15(23-19-13)12-5-6-14-16(7-12)22-10-21-14/h5-8,11H,1-4,9-10H2,(H,18,20). The highest BCUT2D eigenvalue weighted by Gasteiger charge is 2.22. The highest BCUT2D eigenvalue weighted by molar-refractivity contribution is 5.78. The number of carbonyl (C=O) groups excluding carboxylic acids is 1. The van der Waals surface area contributed by atoms with E-state index in [0.717, 1.165) is 37.0 Å². The minimum atomic E-state index is 0.120. The molecule has 0 radical (unpaired) electrons. The van der Waals surface area contributed by atoms with Crippen LogP contribution in [-0.2, 0) is 11.3 Å². The van der Waals surface area contributed by atoms with Gasteiger partial charge in [0.05, 0.1) is 6.54 Å². The Morgan fingerprint density at radius 2 is 2.00 bits per heavy atom. The van der Waals surface area contributed by atoms with Gasteiger partial charge in [-0.1, -0.05) is 18.0 Å². The quantitative estimate of drug-likeness (QED) is 0.939. The molecule has 4 rings (SSSR count). The summed E-state index contributed by atoms with van der Waals surface area (Å²) < 4.78 is 16.0. The second-order valence-electron chi connectivity index (χ2n) is 5.95. The van der Waals surface area contributed by atoms with Gasteiger partial charge in [0.1, 0.15) is 5.69 Å². The largest absolute Gasteiger partial charge is 0.454 e. The third kappa shape index (κ3) is 2.88. The number of rotatable bonds is 4. The summed E-state index contributed by atoms with van der Waals surface area (Å²) in [6.07, 6.45) is 4.28. The van der Waals surface area contributed by atoms with Crippen LogP contribution in [0, 0.1) is 5.92 Å². The van der Waals surface area contributed by atoms with Crippen molar-refractivity contribution in [3.63, 3.8) is 0 Å². The first-order valence-electron chi connectivity index (χ1n) is 7.93. The predicted octanol–water partition coefficient (Wildman–Crippen LogP) is 2.88. The smallest absolute Gasteiger partial charge is 0.231 e. The lowest BCUT2D eigenvalue weighted by atomic mass is 10.1. The highest BCUT2D eigenvalue weighted by Crippen LogP contribution is 2.36. The molecule has 0 unspecified atom stereocenters. The number of amides is 1. The highest BCUT2D eigenvalue weighted by atomic mass is 16.7. The molecule has 1 aliphatic heterocycles. The number of aromatic nitrogens is 1. The minimum Gasteiger partial charge on any atom is -0.454 e. The van der Waals surface area contributed by atoms with Gasteiger partial charge in [0.15, 0.2) is 17.3 Å². The molecule has 1 amide bonds. The molecule has 6 nitrogen and oxygen atoms in total. The maximum atomic E-state index is 12.0. The molecule has 2 aromatic rings. The molecule has 2 aliphatic rings. The van der Waals surface area contributed by atoms with Crippen LogP contribution in [0.2, 0.25) is 0 Å². The molecule has 6 heteroatoms. The topological polar surface area (TPSA) is 73.6 Å². The number of hydrogen-bond acceptors (Lipinski definition) is 5. The van der Waals surface area contributed by atoms with E-state index >= 15 is 0 Å². The molecular weight excluding hydrogens is 296 g/mol. The van der Waals surface area contributed by atoms with Crippen LogP contribution in [0.1, 0.15) is 31.4 Å². The molecule has 0 bridgehead atoms. The summed E-state index contributed by atoms with van der Waals surface area (Å²) in [7, 11) is 0. The number of fused-ring (bicyclic) bond motifs is 1. The van der Waals surface area contributed by atoms with E-state index in [1.54, 1.807) is 0 Å². The molecule has 1 fully saturated rings. The van der Waals surface area contributed by atoms with Gasteiger partial charge in [-0.15, -0.1) is 0 Å². The fourth-order valence-electron chi connectivity index (χ4n) is 3.09. The van der Waals surface area contributed by atoms with Crippen LogP contribution in [0.5, 0.6) is 11.5 Å². The number of hydrogen-bond donors (Lipinski definition) is 1. The molecule has 0 atom stereocenters. The fourth-order valence-corrected chi connectivity index (χ4v) is 3.09. The third-order valence-corrected chi connectivity index (χ3v) is 4.39. The monoisotopic (exact) mass is 314 g/mol. The molecule has 2 heterocycles. The first-order chi connectivity index (χ1) is 11.3. The molecule has 1 aromatic carbocycles. The first-order valence-corrected chi connectivity index (χ1v) is 7.93. The lowest BCUT2D eigenvalue weighted by Crippen LogP contribution is -2.28. The Labute approximate surface area is 133 Å². The SMILES string of the molecule is O=C(NCc1cc(-c2ccc3c(c2)OCO3)on1)C1CCCC1. The summed E-state index contributed by atoms with van der Waals surface area (Å²) in [5.41, 5.74) is 1.58. The van der Waals surface area contributed by atoms with E-state index < -0.39 is 0 Å². The first kappa shape index (κ1) is 14.1.